The summed E-state index contributed by atoms with van der Waals surface area (Å²) in [7, 11) is 0. The van der Waals surface area contributed by atoms with Crippen molar-refractivity contribution in [1.82, 2.24) is 5.32 Å². The van der Waals surface area contributed by atoms with Gasteiger partial charge < -0.3 is 15.2 Å². The molecular formula is C17H22N2O4S. The van der Waals surface area contributed by atoms with Crippen molar-refractivity contribution in [3.8, 4) is 0 Å². The number of fused-ring (bicyclic) bond motifs is 1. The number of aliphatic imine (C=N–C) groups is 1. The lowest BCUT2D eigenvalue weighted by Gasteiger charge is -2.56. The minimum atomic E-state index is -1.40. The molecule has 0 aromatic carbocycles. The first-order valence-electron chi connectivity index (χ1n) is 8.28. The number of nitrogens with one attached hydrogen (secondary N) is 1. The number of hydrogen-bond donors (Lipinski definition) is 2. The quantitative estimate of drug-likeness (QED) is 0.339. The zero-order valence-corrected chi connectivity index (χ0v) is 14.7. The van der Waals surface area contributed by atoms with Crippen LogP contribution in [0.1, 0.15) is 39.5 Å². The van der Waals surface area contributed by atoms with Crippen LogP contribution in [0.15, 0.2) is 17.1 Å². The monoisotopic (exact) mass is 350 g/mol. The molecule has 5 atom stereocenters. The summed E-state index contributed by atoms with van der Waals surface area (Å²) >= 11 is 4.57. The van der Waals surface area contributed by atoms with Gasteiger partial charge in [-0.15, -0.1) is 0 Å². The van der Waals surface area contributed by atoms with E-state index in [0.29, 0.717) is 13.0 Å². The summed E-state index contributed by atoms with van der Waals surface area (Å²) in [6, 6.07) is 0. The van der Waals surface area contributed by atoms with Gasteiger partial charge in [0.05, 0.1) is 23.2 Å². The van der Waals surface area contributed by atoms with Crippen molar-refractivity contribution in [2.45, 2.75) is 56.8 Å². The number of allylic oxidation sites excluding steroid dienone is 1. The number of rotatable bonds is 5. The first kappa shape index (κ1) is 17.3. The third kappa shape index (κ3) is 1.98. The molecule has 2 aliphatic heterocycles. The molecule has 2 fully saturated rings. The lowest BCUT2D eigenvalue weighted by Crippen LogP contribution is -2.81. The van der Waals surface area contributed by atoms with Crippen molar-refractivity contribution in [3.05, 3.63) is 12.2 Å². The van der Waals surface area contributed by atoms with Crippen molar-refractivity contribution in [3.63, 3.8) is 0 Å². The normalized spacial score (nSPS) is 41.5. The van der Waals surface area contributed by atoms with Gasteiger partial charge in [-0.3, -0.25) is 4.79 Å². The zero-order valence-electron chi connectivity index (χ0n) is 13.9. The number of thiocarbonyl (C=S) groups is 1. The Kier molecular flexibility index (Phi) is 4.14. The molecule has 3 aliphatic rings. The van der Waals surface area contributed by atoms with Gasteiger partial charge in [0.15, 0.2) is 5.60 Å². The fourth-order valence-corrected chi connectivity index (χ4v) is 4.41. The summed E-state index contributed by atoms with van der Waals surface area (Å²) in [6.07, 6.45) is 6.00. The highest BCUT2D eigenvalue weighted by atomic mass is 32.1. The Balaban J connectivity index is 1.96. The molecule has 1 aliphatic carbocycles. The van der Waals surface area contributed by atoms with Crippen molar-refractivity contribution >= 4 is 29.3 Å². The van der Waals surface area contributed by atoms with Crippen molar-refractivity contribution < 1.29 is 19.4 Å². The Hall–Kier alpha value is -1.56. The van der Waals surface area contributed by atoms with Gasteiger partial charge in [-0.2, -0.15) is 0 Å². The Morgan fingerprint density at radius 2 is 2.29 bits per heavy atom. The summed E-state index contributed by atoms with van der Waals surface area (Å²) in [5, 5.41) is 16.1. The number of nitrogens with zero attached hydrogens (tertiary/aromatic N) is 1. The maximum Gasteiger partial charge on any atom is 0.339 e. The molecule has 0 saturated carbocycles. The second-order valence-corrected chi connectivity index (χ2v) is 7.39. The molecule has 0 aromatic rings. The standard InChI is InChI=1S/C17H22N2O4S/c1-15(8-9-18-10-24)13(21)19-17(14(22)23-16(15,17)2)12(20)11-6-4-3-5-7-11/h4,6,11-12,20H,3,5,7-9H2,1-2H3,(H,19,21)/t11-,12+,15+,16+,17+/m1/s1. The SMILES string of the molecule is C[C@@]12OC(=O)[C@]1([C@@H](O)[C@@H]1C=CCCC1)NC(=O)[C@]2(C)CCN=C=S. The number of carbonyl (C=O) groups is 2. The molecule has 6 nitrogen and oxygen atoms in total. The number of hydrogen-bond acceptors (Lipinski definition) is 6. The van der Waals surface area contributed by atoms with E-state index in [1.165, 1.54) is 0 Å². The van der Waals surface area contributed by atoms with Crippen LogP contribution in [0.2, 0.25) is 0 Å². The molecule has 0 spiro atoms. The van der Waals surface area contributed by atoms with E-state index in [1.807, 2.05) is 12.2 Å². The third-order valence-electron chi connectivity index (χ3n) is 6.16. The number of esters is 1. The third-order valence-corrected chi connectivity index (χ3v) is 6.29. The average molecular weight is 350 g/mol. The Bertz CT molecular complexity index is 659. The minimum Gasteiger partial charge on any atom is -0.453 e. The zero-order chi connectivity index (χ0) is 17.6. The van der Waals surface area contributed by atoms with E-state index in [4.69, 9.17) is 4.74 Å². The predicted octanol–water partition coefficient (Wildman–Crippen LogP) is 1.39. The Morgan fingerprint density at radius 3 is 2.88 bits per heavy atom. The van der Waals surface area contributed by atoms with Crippen LogP contribution in [-0.2, 0) is 14.3 Å². The number of amides is 1. The summed E-state index contributed by atoms with van der Waals surface area (Å²) < 4.78 is 5.49. The second-order valence-electron chi connectivity index (χ2n) is 7.21. The molecule has 2 saturated heterocycles. The highest BCUT2D eigenvalue weighted by Gasteiger charge is 2.83. The Morgan fingerprint density at radius 1 is 1.54 bits per heavy atom. The molecule has 130 valence electrons. The van der Waals surface area contributed by atoms with Gasteiger partial charge >= 0.3 is 5.97 Å². The lowest BCUT2D eigenvalue weighted by atomic mass is 9.59. The van der Waals surface area contributed by atoms with Gasteiger partial charge in [0.25, 0.3) is 0 Å². The van der Waals surface area contributed by atoms with Gasteiger partial charge in [0, 0.05) is 5.92 Å². The highest BCUT2D eigenvalue weighted by molar-refractivity contribution is 7.78. The van der Waals surface area contributed by atoms with Gasteiger partial charge in [-0.1, -0.05) is 12.2 Å². The fourth-order valence-electron chi connectivity index (χ4n) is 4.32. The van der Waals surface area contributed by atoms with Gasteiger partial charge in [-0.25, -0.2) is 9.79 Å². The molecule has 7 heteroatoms. The number of aliphatic hydroxyl groups excluding tert-OH is 1. The Labute approximate surface area is 146 Å². The smallest absolute Gasteiger partial charge is 0.339 e. The van der Waals surface area contributed by atoms with Crippen LogP contribution in [0.4, 0.5) is 0 Å². The lowest BCUT2D eigenvalue weighted by molar-refractivity contribution is -0.249. The van der Waals surface area contributed by atoms with E-state index in [9.17, 15) is 14.7 Å². The number of ether oxygens (including phenoxy) is 1. The molecule has 0 bridgehead atoms. The average Bonchev–Trinajstić information content (AvgIpc) is 2.71. The summed E-state index contributed by atoms with van der Waals surface area (Å²) in [6.45, 7) is 3.79. The van der Waals surface area contributed by atoms with E-state index in [2.05, 4.69) is 27.7 Å². The molecule has 2 N–H and O–H groups in total. The molecule has 0 unspecified atom stereocenters. The number of isothiocyanates is 1. The van der Waals surface area contributed by atoms with Crippen LogP contribution in [-0.4, -0.2) is 45.9 Å². The van der Waals surface area contributed by atoms with E-state index < -0.39 is 28.6 Å². The van der Waals surface area contributed by atoms with E-state index in [-0.39, 0.29) is 11.8 Å². The molecule has 1 amide bonds. The van der Waals surface area contributed by atoms with Crippen LogP contribution in [0.25, 0.3) is 0 Å². The first-order valence-corrected chi connectivity index (χ1v) is 8.69. The van der Waals surface area contributed by atoms with Gasteiger partial charge in [-0.05, 0) is 51.7 Å². The predicted molar refractivity (Wildman–Crippen MR) is 90.5 cm³/mol. The molecule has 3 rings (SSSR count). The molecule has 0 aromatic heterocycles. The summed E-state index contributed by atoms with van der Waals surface area (Å²) in [5.74, 6) is -1.03. The number of aliphatic hydroxyl groups is 1. The maximum atomic E-state index is 12.7. The van der Waals surface area contributed by atoms with E-state index in [1.54, 1.807) is 13.8 Å². The van der Waals surface area contributed by atoms with Crippen LogP contribution in [0.3, 0.4) is 0 Å². The van der Waals surface area contributed by atoms with Crippen molar-refractivity contribution in [1.29, 1.82) is 0 Å². The van der Waals surface area contributed by atoms with E-state index in [0.717, 1.165) is 19.3 Å². The van der Waals surface area contributed by atoms with Gasteiger partial charge in [0.2, 0.25) is 11.4 Å². The van der Waals surface area contributed by atoms with E-state index >= 15 is 0 Å². The largest absolute Gasteiger partial charge is 0.453 e. The fraction of sp³-hybridized carbons (Fsp3) is 0.706. The molecular weight excluding hydrogens is 328 g/mol. The van der Waals surface area contributed by atoms with Crippen LogP contribution < -0.4 is 5.32 Å². The van der Waals surface area contributed by atoms with Crippen LogP contribution in [0.5, 0.6) is 0 Å². The van der Waals surface area contributed by atoms with Crippen molar-refractivity contribution in [2.24, 2.45) is 16.3 Å². The van der Waals surface area contributed by atoms with Crippen molar-refractivity contribution in [2.75, 3.05) is 6.54 Å². The second kappa shape index (κ2) is 5.76. The minimum absolute atomic E-state index is 0.174. The number of carbonyl (C=O) groups excluding carboxylic acids is 2. The molecule has 24 heavy (non-hydrogen) atoms. The highest BCUT2D eigenvalue weighted by Crippen LogP contribution is 2.59. The van der Waals surface area contributed by atoms with Crippen LogP contribution in [0, 0.1) is 11.3 Å². The summed E-state index contributed by atoms with van der Waals surface area (Å²) in [5.41, 5.74) is -3.49. The summed E-state index contributed by atoms with van der Waals surface area (Å²) in [4.78, 5) is 29.0. The first-order chi connectivity index (χ1) is 11.3. The van der Waals surface area contributed by atoms with Gasteiger partial charge in [0.1, 0.15) is 0 Å². The van der Waals surface area contributed by atoms with Crippen LogP contribution >= 0.6 is 12.2 Å². The molecule has 2 heterocycles. The maximum absolute atomic E-state index is 12.7. The molecule has 0 radical (unpaired) electrons. The topological polar surface area (TPSA) is 88.0 Å².